The van der Waals surface area contributed by atoms with Crippen molar-refractivity contribution in [3.05, 3.63) is 76.4 Å². The molecule has 2 atom stereocenters. The second-order valence-corrected chi connectivity index (χ2v) is 13.6. The van der Waals surface area contributed by atoms with Gasteiger partial charge in [0, 0.05) is 24.8 Å². The Hall–Kier alpha value is -3.12. The molecule has 1 saturated heterocycles. The zero-order valence-electron chi connectivity index (χ0n) is 26.7. The average Bonchev–Trinajstić information content (AvgIpc) is 3.52. The molecule has 1 N–H and O–H groups in total. The summed E-state index contributed by atoms with van der Waals surface area (Å²) < 4.78 is 17.2. The first-order valence-electron chi connectivity index (χ1n) is 16.1. The number of carbonyl (C=O) groups is 2. The largest absolute Gasteiger partial charge is 0.490 e. The summed E-state index contributed by atoms with van der Waals surface area (Å²) in [6.45, 7) is 10.4. The number of allylic oxidation sites excluding steroid dienone is 1. The SMILES string of the molecule is Cc1ccc(CCc2ccc3c(c2)C[C@H](CCC(=O)OC[C@]2(CO)C/C(=C\CC(CC(C)C)CC(C)C)C(=O)O2)O3)cc1. The van der Waals surface area contributed by atoms with E-state index in [4.69, 9.17) is 14.2 Å². The third-order valence-corrected chi connectivity index (χ3v) is 8.53. The van der Waals surface area contributed by atoms with E-state index in [9.17, 15) is 14.7 Å². The van der Waals surface area contributed by atoms with Gasteiger partial charge >= 0.3 is 11.9 Å². The van der Waals surface area contributed by atoms with Gasteiger partial charge in [-0.15, -0.1) is 0 Å². The van der Waals surface area contributed by atoms with Gasteiger partial charge in [0.15, 0.2) is 5.60 Å². The monoisotopic (exact) mass is 590 g/mol. The fourth-order valence-corrected chi connectivity index (χ4v) is 6.32. The maximum absolute atomic E-state index is 12.7. The van der Waals surface area contributed by atoms with Crippen molar-refractivity contribution in [1.82, 2.24) is 0 Å². The van der Waals surface area contributed by atoms with Crippen molar-refractivity contribution < 1.29 is 28.9 Å². The molecule has 2 aromatic rings. The predicted octanol–water partition coefficient (Wildman–Crippen LogP) is 7.11. The van der Waals surface area contributed by atoms with E-state index in [-0.39, 0.29) is 31.5 Å². The van der Waals surface area contributed by atoms with E-state index >= 15 is 0 Å². The quantitative estimate of drug-likeness (QED) is 0.176. The third-order valence-electron chi connectivity index (χ3n) is 8.53. The van der Waals surface area contributed by atoms with E-state index < -0.39 is 18.2 Å². The number of aliphatic hydroxyl groups is 1. The van der Waals surface area contributed by atoms with Gasteiger partial charge in [-0.3, -0.25) is 4.79 Å². The van der Waals surface area contributed by atoms with Gasteiger partial charge in [-0.2, -0.15) is 0 Å². The van der Waals surface area contributed by atoms with Gasteiger partial charge < -0.3 is 19.3 Å². The van der Waals surface area contributed by atoms with Crippen LogP contribution in [0.25, 0.3) is 0 Å². The Labute approximate surface area is 257 Å². The summed E-state index contributed by atoms with van der Waals surface area (Å²) in [5.74, 6) is 1.75. The fourth-order valence-electron chi connectivity index (χ4n) is 6.32. The van der Waals surface area contributed by atoms with Crippen molar-refractivity contribution in [1.29, 1.82) is 0 Å². The highest BCUT2D eigenvalue weighted by molar-refractivity contribution is 5.91. The maximum atomic E-state index is 12.7. The van der Waals surface area contributed by atoms with Crippen molar-refractivity contribution in [2.75, 3.05) is 13.2 Å². The third kappa shape index (κ3) is 9.69. The first-order valence-corrected chi connectivity index (χ1v) is 16.1. The molecule has 0 spiro atoms. The average molecular weight is 591 g/mol. The lowest BCUT2D eigenvalue weighted by atomic mass is 9.86. The highest BCUT2D eigenvalue weighted by Gasteiger charge is 2.44. The number of carbonyl (C=O) groups excluding carboxylic acids is 2. The van der Waals surface area contributed by atoms with Crippen LogP contribution in [-0.4, -0.2) is 42.0 Å². The lowest BCUT2D eigenvalue weighted by Crippen LogP contribution is -2.39. The van der Waals surface area contributed by atoms with Crippen LogP contribution in [0.15, 0.2) is 54.1 Å². The van der Waals surface area contributed by atoms with Crippen LogP contribution in [0.3, 0.4) is 0 Å². The van der Waals surface area contributed by atoms with Crippen molar-refractivity contribution in [2.24, 2.45) is 17.8 Å². The molecule has 0 aromatic heterocycles. The first-order chi connectivity index (χ1) is 20.5. The van der Waals surface area contributed by atoms with Crippen LogP contribution in [0.5, 0.6) is 5.75 Å². The molecule has 1 fully saturated rings. The topological polar surface area (TPSA) is 82.1 Å². The second-order valence-electron chi connectivity index (χ2n) is 13.6. The predicted molar refractivity (Wildman–Crippen MR) is 169 cm³/mol. The minimum Gasteiger partial charge on any atom is -0.490 e. The van der Waals surface area contributed by atoms with Gasteiger partial charge in [-0.1, -0.05) is 75.7 Å². The number of esters is 2. The second kappa shape index (κ2) is 15.1. The molecular weight excluding hydrogens is 540 g/mol. The van der Waals surface area contributed by atoms with Crippen molar-refractivity contribution >= 4 is 11.9 Å². The van der Waals surface area contributed by atoms with Crippen molar-refractivity contribution in [2.45, 2.75) is 104 Å². The number of hydrogen-bond donors (Lipinski definition) is 1. The molecule has 0 unspecified atom stereocenters. The molecule has 234 valence electrons. The van der Waals surface area contributed by atoms with Gasteiger partial charge in [-0.25, -0.2) is 4.79 Å². The highest BCUT2D eigenvalue weighted by atomic mass is 16.6. The van der Waals surface area contributed by atoms with Crippen LogP contribution in [0.4, 0.5) is 0 Å². The summed E-state index contributed by atoms with van der Waals surface area (Å²) in [7, 11) is 0. The molecule has 0 amide bonds. The van der Waals surface area contributed by atoms with Gasteiger partial charge in [0.05, 0.1) is 6.61 Å². The smallest absolute Gasteiger partial charge is 0.334 e. The molecule has 4 rings (SSSR count). The van der Waals surface area contributed by atoms with Crippen LogP contribution in [-0.2, 0) is 38.3 Å². The Balaban J connectivity index is 1.22. The lowest BCUT2D eigenvalue weighted by Gasteiger charge is -2.24. The summed E-state index contributed by atoms with van der Waals surface area (Å²) in [5.41, 5.74) is 4.43. The summed E-state index contributed by atoms with van der Waals surface area (Å²) in [5, 5.41) is 10.1. The summed E-state index contributed by atoms with van der Waals surface area (Å²) in [6, 6.07) is 15.1. The van der Waals surface area contributed by atoms with Gasteiger partial charge in [0.25, 0.3) is 0 Å². The number of cyclic esters (lactones) is 1. The molecule has 43 heavy (non-hydrogen) atoms. The molecule has 6 nitrogen and oxygen atoms in total. The normalized spacial score (nSPS) is 20.6. The van der Waals surface area contributed by atoms with E-state index in [1.807, 2.05) is 12.1 Å². The first kappa shape index (κ1) is 32.8. The number of aryl methyl sites for hydroxylation is 3. The highest BCUT2D eigenvalue weighted by Crippen LogP contribution is 2.34. The van der Waals surface area contributed by atoms with Crippen molar-refractivity contribution in [3.8, 4) is 5.75 Å². The minimum atomic E-state index is -1.21. The standard InChI is InChI=1S/C37H50O6/c1-25(2)18-30(19-26(3)4)12-14-31-22-37(23-38,43-36(31)40)24-41-35(39)17-15-33-21-32-20-29(13-16-34(32)42-33)11-10-28-8-6-27(5)7-9-28/h6-9,13-14,16,20,25-26,30,33,38H,10-12,15,17-19,21-24H2,1-5H3/b31-14+/t33-,37+/m0/s1. The minimum absolute atomic E-state index is 0.0785. The molecule has 0 radical (unpaired) electrons. The zero-order valence-corrected chi connectivity index (χ0v) is 26.7. The van der Waals surface area contributed by atoms with Gasteiger partial charge in [0.1, 0.15) is 18.5 Å². The molecule has 2 aromatic carbocycles. The van der Waals surface area contributed by atoms with E-state index in [1.54, 1.807) is 0 Å². The fraction of sp³-hybridized carbons (Fsp3) is 0.568. The molecule has 6 heteroatoms. The maximum Gasteiger partial charge on any atom is 0.334 e. The zero-order chi connectivity index (χ0) is 31.0. The Morgan fingerprint density at radius 3 is 2.40 bits per heavy atom. The Morgan fingerprint density at radius 1 is 1.05 bits per heavy atom. The number of ether oxygens (including phenoxy) is 3. The van der Waals surface area contributed by atoms with Gasteiger partial charge in [0.2, 0.25) is 0 Å². The van der Waals surface area contributed by atoms with Crippen LogP contribution in [0, 0.1) is 24.7 Å². The molecule has 2 aliphatic heterocycles. The molecule has 0 saturated carbocycles. The van der Waals surface area contributed by atoms with Crippen LogP contribution < -0.4 is 4.74 Å². The Bertz CT molecular complexity index is 1250. The molecule has 0 bridgehead atoms. The van der Waals surface area contributed by atoms with Gasteiger partial charge in [-0.05, 0) is 86.0 Å². The molecular formula is C37H50O6. The Kier molecular flexibility index (Phi) is 11.5. The van der Waals surface area contributed by atoms with Crippen LogP contribution in [0.2, 0.25) is 0 Å². The van der Waals surface area contributed by atoms with E-state index in [1.165, 1.54) is 22.3 Å². The van der Waals surface area contributed by atoms with Crippen molar-refractivity contribution in [3.63, 3.8) is 0 Å². The number of fused-ring (bicyclic) bond motifs is 1. The number of aliphatic hydroxyl groups excluding tert-OH is 1. The molecule has 2 aliphatic rings. The number of benzene rings is 2. The lowest BCUT2D eigenvalue weighted by molar-refractivity contribution is -0.166. The molecule has 2 heterocycles. The number of hydrogen-bond acceptors (Lipinski definition) is 6. The van der Waals surface area contributed by atoms with Crippen LogP contribution in [0.1, 0.15) is 88.5 Å². The Morgan fingerprint density at radius 2 is 1.72 bits per heavy atom. The van der Waals surface area contributed by atoms with E-state index in [0.29, 0.717) is 29.7 Å². The van der Waals surface area contributed by atoms with E-state index in [0.717, 1.165) is 44.3 Å². The summed E-state index contributed by atoms with van der Waals surface area (Å²) in [4.78, 5) is 25.3. The summed E-state index contributed by atoms with van der Waals surface area (Å²) >= 11 is 0. The summed E-state index contributed by atoms with van der Waals surface area (Å²) in [6.07, 6.45) is 8.62. The number of rotatable bonds is 15. The van der Waals surface area contributed by atoms with Crippen LogP contribution >= 0.6 is 0 Å². The molecule has 0 aliphatic carbocycles. The van der Waals surface area contributed by atoms with E-state index in [2.05, 4.69) is 71.0 Å².